The van der Waals surface area contributed by atoms with Crippen molar-refractivity contribution in [3.8, 4) is 0 Å². The lowest BCUT2D eigenvalue weighted by Gasteiger charge is -2.28. The van der Waals surface area contributed by atoms with Gasteiger partial charge in [0.2, 0.25) is 15.9 Å². The van der Waals surface area contributed by atoms with Crippen LogP contribution in [0.25, 0.3) is 0 Å². The van der Waals surface area contributed by atoms with Gasteiger partial charge >= 0.3 is 0 Å². The summed E-state index contributed by atoms with van der Waals surface area (Å²) in [6.07, 6.45) is 2.05. The number of carbonyl (C=O) groups excluding carboxylic acids is 1. The van der Waals surface area contributed by atoms with Crippen LogP contribution in [0.3, 0.4) is 0 Å². The Morgan fingerprint density at radius 2 is 1.72 bits per heavy atom. The Hall–Kier alpha value is -1.51. The lowest BCUT2D eigenvalue weighted by Crippen LogP contribution is -2.41. The first-order chi connectivity index (χ1) is 12.0. The minimum Gasteiger partial charge on any atom is -0.381 e. The van der Waals surface area contributed by atoms with E-state index < -0.39 is 15.8 Å². The van der Waals surface area contributed by atoms with E-state index in [1.807, 2.05) is 0 Å². The van der Waals surface area contributed by atoms with E-state index in [4.69, 9.17) is 4.74 Å². The minimum atomic E-state index is -3.67. The zero-order valence-electron chi connectivity index (χ0n) is 14.1. The van der Waals surface area contributed by atoms with Crippen molar-refractivity contribution in [2.24, 2.45) is 5.92 Å². The van der Waals surface area contributed by atoms with Crippen molar-refractivity contribution in [1.29, 1.82) is 0 Å². The highest BCUT2D eigenvalue weighted by Gasteiger charge is 2.31. The maximum atomic E-state index is 13.0. The summed E-state index contributed by atoms with van der Waals surface area (Å²) in [5, 5.41) is 0. The van der Waals surface area contributed by atoms with Gasteiger partial charge in [0.15, 0.2) is 0 Å². The lowest BCUT2D eigenvalue weighted by atomic mass is 9.98. The van der Waals surface area contributed by atoms with E-state index >= 15 is 0 Å². The maximum absolute atomic E-state index is 13.0. The molecule has 3 rings (SSSR count). The fourth-order valence-electron chi connectivity index (χ4n) is 3.31. The fraction of sp³-hybridized carbons (Fsp3) is 0.588. The van der Waals surface area contributed by atoms with Gasteiger partial charge in [0, 0.05) is 45.3 Å². The van der Waals surface area contributed by atoms with Crippen LogP contribution in [0.5, 0.6) is 0 Å². The van der Waals surface area contributed by atoms with Crippen molar-refractivity contribution in [2.75, 3.05) is 39.4 Å². The molecule has 2 saturated heterocycles. The third kappa shape index (κ3) is 4.19. The van der Waals surface area contributed by atoms with Crippen LogP contribution in [0.1, 0.15) is 19.3 Å². The molecule has 1 amide bonds. The van der Waals surface area contributed by atoms with Gasteiger partial charge in [0.05, 0.1) is 4.90 Å². The standard InChI is InChI=1S/C17H23FN2O4S/c18-15-2-4-16(5-3-15)25(22,23)20-9-1-8-19(10-11-20)17(21)14-6-12-24-13-7-14/h2-5,14H,1,6-13H2. The Morgan fingerprint density at radius 3 is 2.40 bits per heavy atom. The number of hydrogen-bond donors (Lipinski definition) is 0. The summed E-state index contributed by atoms with van der Waals surface area (Å²) >= 11 is 0. The van der Waals surface area contributed by atoms with Crippen molar-refractivity contribution >= 4 is 15.9 Å². The first kappa shape index (κ1) is 18.3. The van der Waals surface area contributed by atoms with E-state index in [1.54, 1.807) is 4.90 Å². The van der Waals surface area contributed by atoms with Crippen LogP contribution < -0.4 is 0 Å². The van der Waals surface area contributed by atoms with Crippen molar-refractivity contribution in [1.82, 2.24) is 9.21 Å². The molecule has 0 radical (unpaired) electrons. The van der Waals surface area contributed by atoms with E-state index in [9.17, 15) is 17.6 Å². The van der Waals surface area contributed by atoms with Gasteiger partial charge in [-0.2, -0.15) is 4.31 Å². The molecule has 1 aromatic rings. The highest BCUT2D eigenvalue weighted by Crippen LogP contribution is 2.21. The molecule has 0 atom stereocenters. The van der Waals surface area contributed by atoms with Crippen LogP contribution in [0.15, 0.2) is 29.2 Å². The van der Waals surface area contributed by atoms with Gasteiger partial charge in [-0.3, -0.25) is 4.79 Å². The first-order valence-electron chi connectivity index (χ1n) is 8.61. The van der Waals surface area contributed by atoms with Crippen molar-refractivity contribution in [2.45, 2.75) is 24.2 Å². The van der Waals surface area contributed by atoms with Crippen molar-refractivity contribution in [3.05, 3.63) is 30.1 Å². The Kier molecular flexibility index (Phi) is 5.71. The van der Waals surface area contributed by atoms with Crippen LogP contribution >= 0.6 is 0 Å². The summed E-state index contributed by atoms with van der Waals surface area (Å²) in [4.78, 5) is 14.5. The number of carbonyl (C=O) groups is 1. The van der Waals surface area contributed by atoms with Crippen LogP contribution in [-0.4, -0.2) is 62.9 Å². The molecule has 0 aliphatic carbocycles. The summed E-state index contributed by atoms with van der Waals surface area (Å²) in [5.41, 5.74) is 0. The summed E-state index contributed by atoms with van der Waals surface area (Å²) in [7, 11) is -3.67. The van der Waals surface area contributed by atoms with E-state index in [0.29, 0.717) is 39.3 Å². The number of amides is 1. The van der Waals surface area contributed by atoms with E-state index in [-0.39, 0.29) is 23.3 Å². The normalized spacial score (nSPS) is 21.1. The van der Waals surface area contributed by atoms with E-state index in [1.165, 1.54) is 16.4 Å². The van der Waals surface area contributed by atoms with Crippen LogP contribution in [0, 0.1) is 11.7 Å². The number of halogens is 1. The molecular formula is C17H23FN2O4S. The van der Waals surface area contributed by atoms with Crippen molar-refractivity contribution < 1.29 is 22.3 Å². The average Bonchev–Trinajstić information content (AvgIpc) is 2.89. The average molecular weight is 370 g/mol. The Bertz CT molecular complexity index is 702. The zero-order chi connectivity index (χ0) is 17.9. The van der Waals surface area contributed by atoms with Crippen LogP contribution in [0.4, 0.5) is 4.39 Å². The molecule has 0 N–H and O–H groups in total. The van der Waals surface area contributed by atoms with Crippen LogP contribution in [0.2, 0.25) is 0 Å². The maximum Gasteiger partial charge on any atom is 0.243 e. The van der Waals surface area contributed by atoms with Gasteiger partial charge < -0.3 is 9.64 Å². The van der Waals surface area contributed by atoms with Gasteiger partial charge in [0.1, 0.15) is 5.82 Å². The molecule has 0 bridgehead atoms. The second-order valence-corrected chi connectivity index (χ2v) is 8.36. The largest absolute Gasteiger partial charge is 0.381 e. The molecule has 0 spiro atoms. The number of hydrogen-bond acceptors (Lipinski definition) is 4. The lowest BCUT2D eigenvalue weighted by molar-refractivity contribution is -0.138. The predicted molar refractivity (Wildman–Crippen MR) is 89.9 cm³/mol. The molecule has 2 aliphatic rings. The molecule has 2 heterocycles. The first-order valence-corrected chi connectivity index (χ1v) is 10.0. The summed E-state index contributed by atoms with van der Waals surface area (Å²) in [6.45, 7) is 2.78. The van der Waals surface area contributed by atoms with Gasteiger partial charge in [-0.15, -0.1) is 0 Å². The molecule has 0 saturated carbocycles. The molecule has 8 heteroatoms. The topological polar surface area (TPSA) is 66.9 Å². The summed E-state index contributed by atoms with van der Waals surface area (Å²) < 4.78 is 45.1. The molecule has 6 nitrogen and oxygen atoms in total. The highest BCUT2D eigenvalue weighted by atomic mass is 32.2. The quantitative estimate of drug-likeness (QED) is 0.808. The van der Waals surface area contributed by atoms with Crippen LogP contribution in [-0.2, 0) is 19.6 Å². The summed E-state index contributed by atoms with van der Waals surface area (Å²) in [6, 6.07) is 4.85. The summed E-state index contributed by atoms with van der Waals surface area (Å²) in [5.74, 6) is -0.388. The number of sulfonamides is 1. The predicted octanol–water partition coefficient (Wildman–Crippen LogP) is 1.48. The third-order valence-electron chi connectivity index (χ3n) is 4.79. The molecule has 2 aliphatic heterocycles. The van der Waals surface area contributed by atoms with Gasteiger partial charge in [-0.25, -0.2) is 12.8 Å². The highest BCUT2D eigenvalue weighted by molar-refractivity contribution is 7.89. The monoisotopic (exact) mass is 370 g/mol. The molecule has 1 aromatic carbocycles. The van der Waals surface area contributed by atoms with E-state index in [2.05, 4.69) is 0 Å². The second-order valence-electron chi connectivity index (χ2n) is 6.42. The number of nitrogens with zero attached hydrogens (tertiary/aromatic N) is 2. The Labute approximate surface area is 147 Å². The molecular weight excluding hydrogens is 347 g/mol. The minimum absolute atomic E-state index is 0.0194. The fourth-order valence-corrected chi connectivity index (χ4v) is 4.78. The van der Waals surface area contributed by atoms with E-state index in [0.717, 1.165) is 25.0 Å². The second kappa shape index (κ2) is 7.80. The number of benzene rings is 1. The molecule has 0 unspecified atom stereocenters. The third-order valence-corrected chi connectivity index (χ3v) is 6.70. The molecule has 25 heavy (non-hydrogen) atoms. The smallest absolute Gasteiger partial charge is 0.243 e. The van der Waals surface area contributed by atoms with Gasteiger partial charge in [-0.1, -0.05) is 0 Å². The zero-order valence-corrected chi connectivity index (χ0v) is 14.9. The number of rotatable bonds is 3. The SMILES string of the molecule is O=C(C1CCOCC1)N1CCCN(S(=O)(=O)c2ccc(F)cc2)CC1. The molecule has 138 valence electrons. The van der Waals surface area contributed by atoms with Gasteiger partial charge in [-0.05, 0) is 43.5 Å². The Balaban J connectivity index is 1.66. The molecule has 2 fully saturated rings. The van der Waals surface area contributed by atoms with Crippen molar-refractivity contribution in [3.63, 3.8) is 0 Å². The van der Waals surface area contributed by atoms with Gasteiger partial charge in [0.25, 0.3) is 0 Å². The number of ether oxygens (including phenoxy) is 1. The Morgan fingerprint density at radius 1 is 1.04 bits per heavy atom. The molecule has 0 aromatic heterocycles.